The number of carbonyl (C=O) groups is 2. The normalized spacial score (nSPS) is 6.08. The van der Waals surface area contributed by atoms with E-state index in [0.717, 1.165) is 6.08 Å². The van der Waals surface area contributed by atoms with Crippen LogP contribution in [0.1, 0.15) is 6.92 Å². The summed E-state index contributed by atoms with van der Waals surface area (Å²) < 4.78 is 4.18. The van der Waals surface area contributed by atoms with Crippen LogP contribution in [0.4, 0.5) is 4.79 Å². The smallest absolute Gasteiger partial charge is 0.404 e. The highest BCUT2D eigenvalue weighted by molar-refractivity contribution is 5.78. The van der Waals surface area contributed by atoms with Gasteiger partial charge in [-0.3, -0.25) is 0 Å². The lowest BCUT2D eigenvalue weighted by molar-refractivity contribution is -0.131. The molecule has 0 aromatic heterocycles. The summed E-state index contributed by atoms with van der Waals surface area (Å²) in [5.74, 6) is -0.981. The summed E-state index contributed by atoms with van der Waals surface area (Å²) in [5.41, 5.74) is 4.54. The molecule has 0 aliphatic carbocycles. The molecule has 0 saturated carbocycles. The molecule has 3 N–H and O–H groups in total. The fourth-order valence-corrected chi connectivity index (χ4v) is 0.142. The molecule has 6 nitrogen and oxygen atoms in total. The predicted molar refractivity (Wildman–Crippen MR) is 45.7 cm³/mol. The van der Waals surface area contributed by atoms with Gasteiger partial charge in [0.1, 0.15) is 0 Å². The van der Waals surface area contributed by atoms with Gasteiger partial charge in [-0.2, -0.15) is 0 Å². The maximum absolute atomic E-state index is 9.60. The number of carboxylic acid groups (broad SMARTS) is 1. The quantitative estimate of drug-likeness (QED) is 0.612. The third-order valence-corrected chi connectivity index (χ3v) is 0.461. The van der Waals surface area contributed by atoms with E-state index in [1.165, 1.54) is 0 Å². The lowest BCUT2D eigenvalue weighted by atomic mass is 10.7. The number of carbonyl (C=O) groups excluding carboxylic acids is 1. The number of hydrogen-bond acceptors (Lipinski definition) is 4. The first kappa shape index (κ1) is 17.2. The fraction of sp³-hybridized carbons (Fsp3) is 0.286. The van der Waals surface area contributed by atoms with Crippen LogP contribution in [0.2, 0.25) is 0 Å². The van der Waals surface area contributed by atoms with Crippen molar-refractivity contribution in [2.24, 2.45) is 5.73 Å². The van der Waals surface area contributed by atoms with Gasteiger partial charge in [0.25, 0.3) is 0 Å². The van der Waals surface area contributed by atoms with Gasteiger partial charge in [0, 0.05) is 12.6 Å². The molecule has 6 heteroatoms. The van der Waals surface area contributed by atoms with Crippen LogP contribution in [0.3, 0.4) is 0 Å². The average molecular weight is 188 g/mol. The monoisotopic (exact) mass is 188 g/mol. The fourth-order valence-electron chi connectivity index (χ4n) is 0.142. The van der Waals surface area contributed by atoms with Gasteiger partial charge in [0.2, 0.25) is 0 Å². The van der Waals surface area contributed by atoms with Gasteiger partial charge < -0.3 is 15.6 Å². The van der Waals surface area contributed by atoms with Crippen molar-refractivity contribution in [1.82, 2.24) is 0 Å². The molecule has 13 heavy (non-hydrogen) atoms. The van der Waals surface area contributed by atoms with Crippen molar-refractivity contribution in [2.45, 2.75) is 6.92 Å². The number of rotatable bonds is 2. The summed E-state index contributed by atoms with van der Waals surface area (Å²) >= 11 is 0. The van der Waals surface area contributed by atoms with E-state index in [-0.39, 0.29) is 0 Å². The van der Waals surface area contributed by atoms with Crippen molar-refractivity contribution in [1.29, 1.82) is 5.26 Å². The third kappa shape index (κ3) is 71.8. The second kappa shape index (κ2) is 16.5. The Bertz CT molecular complexity index is 177. The summed E-state index contributed by atoms with van der Waals surface area (Å²) in [6.45, 7) is 8.52. The molecule has 74 valence electrons. The Morgan fingerprint density at radius 3 is 2.00 bits per heavy atom. The molecular formula is C7H12N2O4. The summed E-state index contributed by atoms with van der Waals surface area (Å²) in [5, 5.41) is 14.1. The molecule has 0 bridgehead atoms. The maximum Gasteiger partial charge on any atom is 0.404 e. The summed E-state index contributed by atoms with van der Waals surface area (Å²) in [4.78, 5) is 18.8. The molecule has 0 radical (unpaired) electrons. The summed E-state index contributed by atoms with van der Waals surface area (Å²) in [6.07, 6.45) is 0.123. The van der Waals surface area contributed by atoms with Crippen LogP contribution in [-0.4, -0.2) is 23.8 Å². The number of primary amides is 1. The van der Waals surface area contributed by atoms with Crippen LogP contribution >= 0.6 is 0 Å². The van der Waals surface area contributed by atoms with Crippen LogP contribution in [-0.2, 0) is 9.53 Å². The van der Waals surface area contributed by atoms with E-state index in [2.05, 4.69) is 23.6 Å². The average Bonchev–Trinajstić information content (AvgIpc) is 2.09. The van der Waals surface area contributed by atoms with Gasteiger partial charge in [-0.15, -0.1) is 0 Å². The van der Waals surface area contributed by atoms with E-state index in [1.807, 2.05) is 0 Å². The number of amides is 1. The molecule has 0 atom stereocenters. The minimum atomic E-state index is -0.981. The number of aliphatic carboxylic acids is 1. The molecule has 0 aliphatic heterocycles. The SMILES string of the molecule is C#N.C=CC(=O)O.CCOC(N)=O. The Hall–Kier alpha value is -2.03. The number of nitriles is 1. The maximum atomic E-state index is 9.60. The standard InChI is InChI=1S/C3H7NO2.C3H4O2.CHN/c1-2-6-3(4)5;1-2-3(4)5;1-2/h2H2,1H3,(H2,4,5);2H,1H2,(H,4,5);1H. The van der Waals surface area contributed by atoms with Crippen molar-refractivity contribution in [3.63, 3.8) is 0 Å². The van der Waals surface area contributed by atoms with E-state index >= 15 is 0 Å². The zero-order valence-electron chi connectivity index (χ0n) is 7.27. The van der Waals surface area contributed by atoms with Crippen molar-refractivity contribution in [3.8, 4) is 6.57 Å². The van der Waals surface area contributed by atoms with Crippen LogP contribution in [0, 0.1) is 11.8 Å². The van der Waals surface area contributed by atoms with Gasteiger partial charge in [0.15, 0.2) is 0 Å². The molecule has 1 amide bonds. The third-order valence-electron chi connectivity index (χ3n) is 0.461. The number of hydrogen-bond donors (Lipinski definition) is 2. The Labute approximate surface area is 76.2 Å². The van der Waals surface area contributed by atoms with Crippen LogP contribution in [0.25, 0.3) is 0 Å². The lowest BCUT2D eigenvalue weighted by Gasteiger charge is -1.89. The van der Waals surface area contributed by atoms with Crippen LogP contribution in [0.5, 0.6) is 0 Å². The molecule has 0 aromatic rings. The molecular weight excluding hydrogens is 176 g/mol. The minimum absolute atomic E-state index is 0.356. The molecule has 0 rings (SSSR count). The highest BCUT2D eigenvalue weighted by atomic mass is 16.5. The van der Waals surface area contributed by atoms with Gasteiger partial charge in [0.05, 0.1) is 6.61 Å². The van der Waals surface area contributed by atoms with E-state index in [1.54, 1.807) is 6.92 Å². The highest BCUT2D eigenvalue weighted by Crippen LogP contribution is 1.66. The van der Waals surface area contributed by atoms with Crippen molar-refractivity contribution in [3.05, 3.63) is 12.7 Å². The van der Waals surface area contributed by atoms with Crippen molar-refractivity contribution in [2.75, 3.05) is 6.61 Å². The topological polar surface area (TPSA) is 113 Å². The molecule has 0 spiro atoms. The number of nitrogens with zero attached hydrogens (tertiary/aromatic N) is 1. The zero-order chi connectivity index (χ0) is 11.3. The zero-order valence-corrected chi connectivity index (χ0v) is 7.27. The molecule has 0 aliphatic rings. The van der Waals surface area contributed by atoms with E-state index in [0.29, 0.717) is 6.61 Å². The van der Waals surface area contributed by atoms with Gasteiger partial charge >= 0.3 is 12.1 Å². The summed E-state index contributed by atoms with van der Waals surface area (Å²) in [7, 11) is 0. The molecule has 0 saturated heterocycles. The van der Waals surface area contributed by atoms with Gasteiger partial charge in [-0.05, 0) is 6.92 Å². The Kier molecular flexibility index (Phi) is 21.8. The Balaban J connectivity index is -0.000000131. The molecule has 0 aromatic carbocycles. The first-order valence-corrected chi connectivity index (χ1v) is 3.08. The van der Waals surface area contributed by atoms with E-state index in [4.69, 9.17) is 10.4 Å². The van der Waals surface area contributed by atoms with Crippen molar-refractivity contribution < 1.29 is 19.4 Å². The number of ether oxygens (including phenoxy) is 1. The van der Waals surface area contributed by atoms with E-state index < -0.39 is 12.1 Å². The molecule has 0 fully saturated rings. The van der Waals surface area contributed by atoms with E-state index in [9.17, 15) is 9.59 Å². The second-order valence-electron chi connectivity index (χ2n) is 1.29. The molecule has 0 unspecified atom stereocenters. The highest BCUT2D eigenvalue weighted by Gasteiger charge is 1.82. The van der Waals surface area contributed by atoms with Gasteiger partial charge in [-0.1, -0.05) is 6.58 Å². The number of carboxylic acids is 1. The lowest BCUT2D eigenvalue weighted by Crippen LogP contribution is -2.11. The van der Waals surface area contributed by atoms with Crippen LogP contribution < -0.4 is 5.73 Å². The van der Waals surface area contributed by atoms with Gasteiger partial charge in [-0.25, -0.2) is 14.9 Å². The Morgan fingerprint density at radius 2 is 2.00 bits per heavy atom. The van der Waals surface area contributed by atoms with Crippen LogP contribution in [0.15, 0.2) is 12.7 Å². The molecule has 0 heterocycles. The predicted octanol–water partition coefficient (Wildman–Crippen LogP) is 0.498. The second-order valence-corrected chi connectivity index (χ2v) is 1.29. The first-order chi connectivity index (χ1) is 6.04. The van der Waals surface area contributed by atoms with Crippen molar-refractivity contribution >= 4 is 12.1 Å². The Morgan fingerprint density at radius 1 is 1.69 bits per heavy atom. The number of nitrogens with two attached hydrogens (primary N) is 1. The largest absolute Gasteiger partial charge is 0.478 e. The first-order valence-electron chi connectivity index (χ1n) is 3.08. The minimum Gasteiger partial charge on any atom is -0.478 e. The summed E-state index contributed by atoms with van der Waals surface area (Å²) in [6, 6.07) is 0.